The molecule has 0 radical (unpaired) electrons. The lowest BCUT2D eigenvalue weighted by atomic mass is 10.2. The van der Waals surface area contributed by atoms with E-state index in [1.165, 1.54) is 0 Å². The van der Waals surface area contributed by atoms with Gasteiger partial charge in [0.05, 0.1) is 0 Å². The van der Waals surface area contributed by atoms with Crippen LogP contribution in [-0.2, 0) is 6.42 Å². The van der Waals surface area contributed by atoms with E-state index in [0.29, 0.717) is 23.6 Å². The minimum Gasteiger partial charge on any atom is -0.476 e. The van der Waals surface area contributed by atoms with E-state index in [4.69, 9.17) is 5.11 Å². The summed E-state index contributed by atoms with van der Waals surface area (Å²) in [6.07, 6.45) is 2.26. The number of carboxylic acids is 1. The van der Waals surface area contributed by atoms with E-state index in [9.17, 15) is 4.79 Å². The first kappa shape index (κ1) is 11.3. The topological polar surface area (TPSA) is 78.9 Å². The maximum atomic E-state index is 11.0. The molecule has 0 saturated carbocycles. The van der Waals surface area contributed by atoms with Crippen LogP contribution in [0.3, 0.4) is 0 Å². The summed E-state index contributed by atoms with van der Waals surface area (Å²) in [6, 6.07) is 3.75. The lowest BCUT2D eigenvalue weighted by Crippen LogP contribution is -2.00. The molecule has 0 saturated heterocycles. The van der Waals surface area contributed by atoms with E-state index in [-0.39, 0.29) is 5.69 Å². The smallest absolute Gasteiger partial charge is 0.356 e. The molecule has 2 heterocycles. The van der Waals surface area contributed by atoms with Gasteiger partial charge in [-0.3, -0.25) is 4.98 Å². The third kappa shape index (κ3) is 2.04. The van der Waals surface area contributed by atoms with Crippen LogP contribution >= 0.6 is 0 Å². The molecule has 0 amide bonds. The third-order valence-corrected chi connectivity index (χ3v) is 2.57. The van der Waals surface area contributed by atoms with Gasteiger partial charge < -0.3 is 10.1 Å². The van der Waals surface area contributed by atoms with E-state index in [0.717, 1.165) is 5.56 Å². The van der Waals surface area contributed by atoms with Crippen molar-refractivity contribution in [1.82, 2.24) is 15.0 Å². The molecule has 0 aromatic carbocycles. The van der Waals surface area contributed by atoms with Crippen molar-refractivity contribution < 1.29 is 9.90 Å². The molecule has 0 spiro atoms. The zero-order valence-corrected chi connectivity index (χ0v) is 9.69. The minimum atomic E-state index is -1.02. The largest absolute Gasteiger partial charge is 0.476 e. The number of hydrogen-bond acceptors (Lipinski definition) is 3. The molecule has 0 aliphatic carbocycles. The second-order valence-corrected chi connectivity index (χ2v) is 3.74. The second kappa shape index (κ2) is 4.37. The van der Waals surface area contributed by atoms with E-state index in [1.807, 2.05) is 26.0 Å². The van der Waals surface area contributed by atoms with Crippen LogP contribution in [0.25, 0.3) is 11.5 Å². The van der Waals surface area contributed by atoms with Crippen molar-refractivity contribution in [3.63, 3.8) is 0 Å². The number of aromatic amines is 1. The predicted molar refractivity (Wildman–Crippen MR) is 62.9 cm³/mol. The Morgan fingerprint density at radius 3 is 2.82 bits per heavy atom. The summed E-state index contributed by atoms with van der Waals surface area (Å²) in [5.74, 6) is -0.504. The van der Waals surface area contributed by atoms with Crippen LogP contribution in [0, 0.1) is 6.92 Å². The highest BCUT2D eigenvalue weighted by atomic mass is 16.4. The Morgan fingerprint density at radius 2 is 2.29 bits per heavy atom. The maximum Gasteiger partial charge on any atom is 0.356 e. The van der Waals surface area contributed by atoms with Gasteiger partial charge in [0.1, 0.15) is 5.69 Å². The molecule has 5 nitrogen and oxygen atoms in total. The third-order valence-electron chi connectivity index (χ3n) is 2.57. The average Bonchev–Trinajstić information content (AvgIpc) is 2.73. The molecular weight excluding hydrogens is 218 g/mol. The molecule has 2 aromatic heterocycles. The van der Waals surface area contributed by atoms with Crippen LogP contribution in [-0.4, -0.2) is 26.0 Å². The molecule has 0 aliphatic heterocycles. The van der Waals surface area contributed by atoms with Crippen molar-refractivity contribution in [2.24, 2.45) is 0 Å². The Balaban J connectivity index is 2.54. The fourth-order valence-corrected chi connectivity index (χ4v) is 1.69. The van der Waals surface area contributed by atoms with Crippen molar-refractivity contribution in [2.45, 2.75) is 20.3 Å². The van der Waals surface area contributed by atoms with Gasteiger partial charge >= 0.3 is 5.97 Å². The van der Waals surface area contributed by atoms with E-state index >= 15 is 0 Å². The van der Waals surface area contributed by atoms with Crippen LogP contribution in [0.15, 0.2) is 18.3 Å². The molecule has 17 heavy (non-hydrogen) atoms. The number of rotatable bonds is 3. The van der Waals surface area contributed by atoms with E-state index in [2.05, 4.69) is 15.0 Å². The zero-order valence-electron chi connectivity index (χ0n) is 9.69. The number of aromatic nitrogens is 3. The van der Waals surface area contributed by atoms with Gasteiger partial charge in [-0.1, -0.05) is 13.0 Å². The normalized spacial score (nSPS) is 10.5. The predicted octanol–water partition coefficient (Wildman–Crippen LogP) is 2.04. The van der Waals surface area contributed by atoms with Gasteiger partial charge in [-0.2, -0.15) is 0 Å². The number of aryl methyl sites for hydroxylation is 2. The SMILES string of the molecule is CCc1[nH]c(-c2ncccc2C)nc1C(=O)O. The summed E-state index contributed by atoms with van der Waals surface area (Å²) in [5, 5.41) is 9.02. The molecule has 0 unspecified atom stereocenters. The van der Waals surface area contributed by atoms with Crippen LogP contribution in [0.5, 0.6) is 0 Å². The molecule has 2 aromatic rings. The van der Waals surface area contributed by atoms with Gasteiger partial charge in [-0.25, -0.2) is 9.78 Å². The molecular formula is C12H13N3O2. The number of nitrogens with one attached hydrogen (secondary N) is 1. The Hall–Kier alpha value is -2.17. The summed E-state index contributed by atoms with van der Waals surface area (Å²) in [4.78, 5) is 22.3. The number of hydrogen-bond donors (Lipinski definition) is 2. The molecule has 5 heteroatoms. The van der Waals surface area contributed by atoms with Gasteiger partial charge in [0.2, 0.25) is 0 Å². The first-order valence-corrected chi connectivity index (χ1v) is 5.37. The highest BCUT2D eigenvalue weighted by Gasteiger charge is 2.17. The van der Waals surface area contributed by atoms with Crippen LogP contribution in [0.4, 0.5) is 0 Å². The molecule has 0 aliphatic rings. The number of carboxylic acid groups (broad SMARTS) is 1. The number of carbonyl (C=O) groups is 1. The minimum absolute atomic E-state index is 0.0764. The van der Waals surface area contributed by atoms with Crippen LogP contribution in [0.1, 0.15) is 28.7 Å². The first-order chi connectivity index (χ1) is 8.13. The van der Waals surface area contributed by atoms with Crippen molar-refractivity contribution in [2.75, 3.05) is 0 Å². The molecule has 2 N–H and O–H groups in total. The highest BCUT2D eigenvalue weighted by molar-refractivity contribution is 5.87. The van der Waals surface area contributed by atoms with Crippen molar-refractivity contribution in [1.29, 1.82) is 0 Å². The number of pyridine rings is 1. The standard InChI is InChI=1S/C12H13N3O2/c1-3-8-10(12(16)17)15-11(14-8)9-7(2)5-4-6-13-9/h4-6H,3H2,1-2H3,(H,14,15)(H,16,17). The summed E-state index contributed by atoms with van der Waals surface area (Å²) in [5.41, 5.74) is 2.35. The maximum absolute atomic E-state index is 11.0. The Morgan fingerprint density at radius 1 is 1.53 bits per heavy atom. The number of imidazole rings is 1. The lowest BCUT2D eigenvalue weighted by molar-refractivity contribution is 0.0690. The molecule has 0 atom stereocenters. The summed E-state index contributed by atoms with van der Waals surface area (Å²) in [6.45, 7) is 3.80. The van der Waals surface area contributed by atoms with E-state index < -0.39 is 5.97 Å². The highest BCUT2D eigenvalue weighted by Crippen LogP contribution is 2.19. The number of nitrogens with zero attached hydrogens (tertiary/aromatic N) is 2. The van der Waals surface area contributed by atoms with E-state index in [1.54, 1.807) is 6.20 Å². The van der Waals surface area contributed by atoms with Crippen molar-refractivity contribution in [3.8, 4) is 11.5 Å². The first-order valence-electron chi connectivity index (χ1n) is 5.37. The fourth-order valence-electron chi connectivity index (χ4n) is 1.69. The summed E-state index contributed by atoms with van der Waals surface area (Å²) in [7, 11) is 0. The Labute approximate surface area is 98.6 Å². The summed E-state index contributed by atoms with van der Waals surface area (Å²) >= 11 is 0. The molecule has 0 fully saturated rings. The Bertz CT molecular complexity index is 561. The second-order valence-electron chi connectivity index (χ2n) is 3.74. The molecule has 88 valence electrons. The van der Waals surface area contributed by atoms with Crippen molar-refractivity contribution >= 4 is 5.97 Å². The van der Waals surface area contributed by atoms with Crippen LogP contribution in [0.2, 0.25) is 0 Å². The number of H-pyrrole nitrogens is 1. The van der Waals surface area contributed by atoms with Crippen molar-refractivity contribution in [3.05, 3.63) is 35.3 Å². The summed E-state index contributed by atoms with van der Waals surface area (Å²) < 4.78 is 0. The van der Waals surface area contributed by atoms with Crippen LogP contribution < -0.4 is 0 Å². The molecule has 2 rings (SSSR count). The quantitative estimate of drug-likeness (QED) is 0.847. The molecule has 0 bridgehead atoms. The Kier molecular flexibility index (Phi) is 2.91. The fraction of sp³-hybridized carbons (Fsp3) is 0.250. The van der Waals surface area contributed by atoms with Gasteiger partial charge in [0.15, 0.2) is 11.5 Å². The lowest BCUT2D eigenvalue weighted by Gasteiger charge is -1.99. The average molecular weight is 231 g/mol. The van der Waals surface area contributed by atoms with Gasteiger partial charge in [0.25, 0.3) is 0 Å². The zero-order chi connectivity index (χ0) is 12.4. The number of aromatic carboxylic acids is 1. The van der Waals surface area contributed by atoms with Gasteiger partial charge in [-0.15, -0.1) is 0 Å². The van der Waals surface area contributed by atoms with Gasteiger partial charge in [0, 0.05) is 11.9 Å². The monoisotopic (exact) mass is 231 g/mol. The van der Waals surface area contributed by atoms with Gasteiger partial charge in [-0.05, 0) is 25.0 Å².